The molecule has 2 aromatic heterocycles. The smallest absolute Gasteiger partial charge is 0.159 e. The maximum absolute atomic E-state index is 7.13. The summed E-state index contributed by atoms with van der Waals surface area (Å²) in [6.07, 6.45) is 0. The molecule has 91 heavy (non-hydrogen) atoms. The quantitative estimate of drug-likeness (QED) is 0.152. The molecule has 430 valence electrons. The summed E-state index contributed by atoms with van der Waals surface area (Å²) >= 11 is 0. The topological polar surface area (TPSA) is 32.8 Å². The molecule has 0 saturated heterocycles. The van der Waals surface area contributed by atoms with Crippen LogP contribution < -0.4 is 9.80 Å². The number of anilines is 6. The van der Waals surface area contributed by atoms with Crippen LogP contribution in [0.1, 0.15) is 72.2 Å². The Kier molecular flexibility index (Phi) is 10.8. The fourth-order valence-corrected chi connectivity index (χ4v) is 16.8. The molecule has 0 radical (unpaired) electrons. The fraction of sp³-hybridized carbons (Fsp3) is 0.0805. The van der Waals surface area contributed by atoms with E-state index in [1.807, 2.05) is 0 Å². The third-order valence-corrected chi connectivity index (χ3v) is 20.9. The predicted molar refractivity (Wildman–Crippen MR) is 378 cm³/mol. The first-order valence-corrected chi connectivity index (χ1v) is 31.8. The van der Waals surface area contributed by atoms with Gasteiger partial charge in [-0.15, -0.1) is 0 Å². The lowest BCUT2D eigenvalue weighted by atomic mass is 9.67. The van der Waals surface area contributed by atoms with E-state index in [-0.39, 0.29) is 10.8 Å². The lowest BCUT2D eigenvalue weighted by Crippen LogP contribution is -2.29. The molecule has 3 aliphatic carbocycles. The van der Waals surface area contributed by atoms with Gasteiger partial charge in [0.2, 0.25) is 0 Å². The first kappa shape index (κ1) is 51.8. The van der Waals surface area contributed by atoms with Gasteiger partial charge in [-0.05, 0) is 149 Å². The Balaban J connectivity index is 0.944. The first-order valence-electron chi connectivity index (χ1n) is 31.8. The molecule has 0 N–H and O–H groups in total. The second-order valence-electron chi connectivity index (χ2n) is 26.2. The molecule has 0 fully saturated rings. The summed E-state index contributed by atoms with van der Waals surface area (Å²) in [5, 5.41) is 8.94. The third kappa shape index (κ3) is 7.05. The summed E-state index contributed by atoms with van der Waals surface area (Å²) in [6.45, 7) is 9.51. The highest BCUT2D eigenvalue weighted by Crippen LogP contribution is 2.64. The van der Waals surface area contributed by atoms with E-state index >= 15 is 0 Å². The Morgan fingerprint density at radius 2 is 0.604 bits per heavy atom. The van der Waals surface area contributed by atoms with E-state index in [0.717, 1.165) is 88.8 Å². The van der Waals surface area contributed by atoms with Crippen LogP contribution in [0, 0.1) is 0 Å². The summed E-state index contributed by atoms with van der Waals surface area (Å²) in [5.41, 5.74) is 25.8. The molecule has 4 nitrogen and oxygen atoms in total. The SMILES string of the molecule is CC1(C)c2ccccc2-c2ccc(N(c3cc4c(c5ccccc35)-c3c(cc(N(c5ccc6c(c5)C(C)(C)c5ccccc5-6)c5cccc6c5oc5ccccc56)c5ccccc35)C4(c3ccccc3)c3ccccc3)c3cccc4c3oc3ccccc34)cc21. The average Bonchev–Trinajstić information content (AvgIpc) is 1.53. The van der Waals surface area contributed by atoms with E-state index in [2.05, 4.69) is 329 Å². The van der Waals surface area contributed by atoms with Gasteiger partial charge in [-0.25, -0.2) is 0 Å². The van der Waals surface area contributed by atoms with Gasteiger partial charge in [0.05, 0.1) is 28.2 Å². The summed E-state index contributed by atoms with van der Waals surface area (Å²) in [5.74, 6) is 0. The minimum atomic E-state index is -0.873. The zero-order valence-electron chi connectivity index (χ0n) is 50.9. The highest BCUT2D eigenvalue weighted by atomic mass is 16.3. The molecule has 0 spiro atoms. The van der Waals surface area contributed by atoms with Crippen LogP contribution in [0.2, 0.25) is 0 Å². The standard InChI is InChI=1S/C87H60N2O2/c1-85(2)69-39-19-15-29-57(69)59-47-45-55(49-71(59)85)88(75-41-23-37-67-63-33-17-21-43-79(63)90-83(67)75)77-51-73-81(65-35-13-11-31-61(65)77)82-66-36-14-12-32-62(66)78(52-74(82)87(73,53-25-7-5-8-26-53)54-27-9-6-10-28-54)89(76-42-24-38-68-64-34-18-22-44-80(64)91-84(68)76)56-46-48-60-58-30-16-20-40-70(58)86(3,4)72(60)50-56/h5-52H,1-4H3. The Labute approximate surface area is 528 Å². The summed E-state index contributed by atoms with van der Waals surface area (Å²) in [6, 6.07) is 109. The molecular weight excluding hydrogens is 1100 g/mol. The lowest BCUT2D eigenvalue weighted by molar-refractivity contribution is 0.660. The van der Waals surface area contributed by atoms with E-state index < -0.39 is 5.41 Å². The molecule has 14 aromatic carbocycles. The van der Waals surface area contributed by atoms with Crippen LogP contribution in [0.25, 0.3) is 98.8 Å². The van der Waals surface area contributed by atoms with Crippen molar-refractivity contribution in [3.8, 4) is 33.4 Å². The first-order chi connectivity index (χ1) is 44.7. The minimum Gasteiger partial charge on any atom is -0.454 e. The lowest BCUT2D eigenvalue weighted by Gasteiger charge is -2.36. The number of hydrogen-bond donors (Lipinski definition) is 0. The molecule has 0 unspecified atom stereocenters. The van der Waals surface area contributed by atoms with E-state index in [1.54, 1.807) is 0 Å². The Hall–Kier alpha value is -11.2. The zero-order valence-corrected chi connectivity index (χ0v) is 50.9. The largest absolute Gasteiger partial charge is 0.454 e. The van der Waals surface area contributed by atoms with E-state index in [9.17, 15) is 0 Å². The average molecular weight is 1170 g/mol. The molecule has 19 rings (SSSR count). The number of rotatable bonds is 8. The molecule has 0 aliphatic heterocycles. The van der Waals surface area contributed by atoms with Crippen molar-refractivity contribution in [2.75, 3.05) is 9.80 Å². The second kappa shape index (κ2) is 18.9. The summed E-state index contributed by atoms with van der Waals surface area (Å²) < 4.78 is 14.3. The van der Waals surface area contributed by atoms with Gasteiger partial charge in [-0.2, -0.15) is 0 Å². The van der Waals surface area contributed by atoms with Gasteiger partial charge in [0.15, 0.2) is 11.2 Å². The number of benzene rings is 14. The van der Waals surface area contributed by atoms with Gasteiger partial charge in [-0.3, -0.25) is 0 Å². The number of nitrogens with zero attached hydrogens (tertiary/aromatic N) is 2. The maximum atomic E-state index is 7.13. The number of para-hydroxylation sites is 4. The van der Waals surface area contributed by atoms with Crippen molar-refractivity contribution in [1.82, 2.24) is 0 Å². The number of furan rings is 2. The number of fused-ring (bicyclic) bond motifs is 19. The molecule has 4 heteroatoms. The Morgan fingerprint density at radius 1 is 0.253 bits per heavy atom. The summed E-state index contributed by atoms with van der Waals surface area (Å²) in [4.78, 5) is 5.03. The molecule has 0 bridgehead atoms. The molecule has 0 atom stereocenters. The van der Waals surface area contributed by atoms with Crippen molar-refractivity contribution in [3.63, 3.8) is 0 Å². The predicted octanol–water partition coefficient (Wildman–Crippen LogP) is 23.7. The monoisotopic (exact) mass is 1160 g/mol. The van der Waals surface area contributed by atoms with Gasteiger partial charge in [0.1, 0.15) is 11.2 Å². The third-order valence-electron chi connectivity index (χ3n) is 20.9. The van der Waals surface area contributed by atoms with Gasteiger partial charge in [-0.1, -0.05) is 258 Å². The van der Waals surface area contributed by atoms with Gasteiger partial charge >= 0.3 is 0 Å². The van der Waals surface area contributed by atoms with Gasteiger partial charge < -0.3 is 18.6 Å². The second-order valence-corrected chi connectivity index (χ2v) is 26.2. The van der Waals surface area contributed by atoms with E-state index in [0.29, 0.717) is 0 Å². The fourth-order valence-electron chi connectivity index (χ4n) is 16.8. The van der Waals surface area contributed by atoms with Crippen LogP contribution >= 0.6 is 0 Å². The normalized spacial score (nSPS) is 14.4. The van der Waals surface area contributed by atoms with E-state index in [1.165, 1.54) is 88.7 Å². The highest BCUT2D eigenvalue weighted by molar-refractivity contribution is 6.20. The molecule has 0 amide bonds. The van der Waals surface area contributed by atoms with Crippen molar-refractivity contribution >= 4 is 99.5 Å². The van der Waals surface area contributed by atoms with Gasteiger partial charge in [0, 0.05) is 54.5 Å². The van der Waals surface area contributed by atoms with E-state index in [4.69, 9.17) is 8.83 Å². The molecule has 2 heterocycles. The zero-order chi connectivity index (χ0) is 60.5. The van der Waals surface area contributed by atoms with Crippen molar-refractivity contribution in [2.45, 2.75) is 43.9 Å². The minimum absolute atomic E-state index is 0.250. The van der Waals surface area contributed by atoms with Crippen LogP contribution in [0.4, 0.5) is 34.1 Å². The molecule has 0 saturated carbocycles. The Morgan fingerprint density at radius 3 is 1.04 bits per heavy atom. The maximum Gasteiger partial charge on any atom is 0.159 e. The van der Waals surface area contributed by atoms with Crippen molar-refractivity contribution < 1.29 is 8.83 Å². The number of hydrogen-bond acceptors (Lipinski definition) is 4. The van der Waals surface area contributed by atoms with Crippen molar-refractivity contribution in [3.05, 3.63) is 336 Å². The van der Waals surface area contributed by atoms with Crippen molar-refractivity contribution in [2.24, 2.45) is 0 Å². The van der Waals surface area contributed by atoms with Crippen LogP contribution in [0.5, 0.6) is 0 Å². The molecule has 16 aromatic rings. The molecule has 3 aliphatic rings. The van der Waals surface area contributed by atoms with Crippen LogP contribution in [-0.2, 0) is 16.2 Å². The Bertz CT molecular complexity index is 5390. The highest BCUT2D eigenvalue weighted by Gasteiger charge is 2.49. The van der Waals surface area contributed by atoms with Gasteiger partial charge in [0.25, 0.3) is 0 Å². The summed E-state index contributed by atoms with van der Waals surface area (Å²) in [7, 11) is 0. The molecular formula is C87H60N2O2. The van der Waals surface area contributed by atoms with Crippen LogP contribution in [0.15, 0.2) is 300 Å². The van der Waals surface area contributed by atoms with Crippen LogP contribution in [0.3, 0.4) is 0 Å². The van der Waals surface area contributed by atoms with Crippen LogP contribution in [-0.4, -0.2) is 0 Å². The van der Waals surface area contributed by atoms with Crippen molar-refractivity contribution in [1.29, 1.82) is 0 Å².